The van der Waals surface area contributed by atoms with Crippen molar-refractivity contribution in [2.45, 2.75) is 59.0 Å². The monoisotopic (exact) mass is 260 g/mol. The first-order chi connectivity index (χ1) is 9.26. The molecule has 0 aromatic heterocycles. The van der Waals surface area contributed by atoms with Crippen molar-refractivity contribution < 1.29 is 0 Å². The molecule has 2 nitrogen and oxygen atoms in total. The van der Waals surface area contributed by atoms with Crippen molar-refractivity contribution >= 4 is 5.69 Å². The summed E-state index contributed by atoms with van der Waals surface area (Å²) in [7, 11) is 0. The fourth-order valence-corrected chi connectivity index (χ4v) is 3.11. The second-order valence-corrected chi connectivity index (χ2v) is 5.71. The minimum absolute atomic E-state index is 0.743. The summed E-state index contributed by atoms with van der Waals surface area (Å²) in [5.74, 6) is 0. The molecule has 0 amide bonds. The van der Waals surface area contributed by atoms with Crippen LogP contribution in [0.25, 0.3) is 0 Å². The molecule has 106 valence electrons. The lowest BCUT2D eigenvalue weighted by atomic mass is 10.1. The third-order valence-corrected chi connectivity index (χ3v) is 4.14. The van der Waals surface area contributed by atoms with E-state index in [2.05, 4.69) is 49.2 Å². The summed E-state index contributed by atoms with van der Waals surface area (Å²) in [6, 6.07) is 7.67. The Balaban J connectivity index is 2.18. The minimum atomic E-state index is 0.743. The first-order valence-corrected chi connectivity index (χ1v) is 7.83. The van der Waals surface area contributed by atoms with Crippen LogP contribution >= 0.6 is 0 Å². The summed E-state index contributed by atoms with van der Waals surface area (Å²) in [5.41, 5.74) is 4.29. The fraction of sp³-hybridized carbons (Fsp3) is 0.647. The molecule has 0 saturated carbocycles. The van der Waals surface area contributed by atoms with Gasteiger partial charge in [-0.05, 0) is 50.8 Å². The summed E-state index contributed by atoms with van der Waals surface area (Å²) < 4.78 is 0. The predicted octanol–water partition coefficient (Wildman–Crippen LogP) is 3.87. The Bertz CT molecular complexity index is 400. The first kappa shape index (κ1) is 14.4. The topological polar surface area (TPSA) is 15.3 Å². The van der Waals surface area contributed by atoms with E-state index in [0.29, 0.717) is 0 Å². The molecule has 2 rings (SSSR count). The Morgan fingerprint density at radius 3 is 2.89 bits per heavy atom. The number of nitrogens with one attached hydrogen (secondary N) is 1. The standard InChI is InChI=1S/C17H28N2/c1-4-10-18-13-15-12-14(3)8-9-17(15)19-11-6-7-16(19)5-2/h8-9,12,16,18H,4-7,10-11,13H2,1-3H3. The highest BCUT2D eigenvalue weighted by molar-refractivity contribution is 5.56. The first-order valence-electron chi connectivity index (χ1n) is 7.83. The molecule has 1 atom stereocenters. The van der Waals surface area contributed by atoms with Gasteiger partial charge in [0, 0.05) is 24.8 Å². The van der Waals surface area contributed by atoms with Crippen LogP contribution in [-0.2, 0) is 6.54 Å². The molecule has 1 aromatic carbocycles. The molecule has 1 saturated heterocycles. The number of anilines is 1. The zero-order valence-corrected chi connectivity index (χ0v) is 12.7. The Kier molecular flexibility index (Phi) is 5.26. The number of rotatable bonds is 6. The van der Waals surface area contributed by atoms with Crippen molar-refractivity contribution in [3.63, 3.8) is 0 Å². The Morgan fingerprint density at radius 2 is 2.16 bits per heavy atom. The molecule has 1 aromatic rings. The van der Waals surface area contributed by atoms with E-state index < -0.39 is 0 Å². The molecule has 1 fully saturated rings. The van der Waals surface area contributed by atoms with E-state index in [1.165, 1.54) is 49.0 Å². The van der Waals surface area contributed by atoms with Crippen molar-refractivity contribution in [1.82, 2.24) is 5.32 Å². The largest absolute Gasteiger partial charge is 0.368 e. The van der Waals surface area contributed by atoms with Crippen LogP contribution in [0.5, 0.6) is 0 Å². The number of hydrogen-bond donors (Lipinski definition) is 1. The summed E-state index contributed by atoms with van der Waals surface area (Å²) in [6.45, 7) is 10.0. The molecule has 0 spiro atoms. The summed E-state index contributed by atoms with van der Waals surface area (Å²) >= 11 is 0. The molecule has 1 aliphatic heterocycles. The maximum Gasteiger partial charge on any atom is 0.0414 e. The molecule has 0 radical (unpaired) electrons. The van der Waals surface area contributed by atoms with Crippen molar-refractivity contribution in [2.75, 3.05) is 18.0 Å². The van der Waals surface area contributed by atoms with Gasteiger partial charge in [-0.3, -0.25) is 0 Å². The highest BCUT2D eigenvalue weighted by atomic mass is 15.2. The second-order valence-electron chi connectivity index (χ2n) is 5.71. The van der Waals surface area contributed by atoms with E-state index in [-0.39, 0.29) is 0 Å². The van der Waals surface area contributed by atoms with Gasteiger partial charge in [-0.15, -0.1) is 0 Å². The number of benzene rings is 1. The van der Waals surface area contributed by atoms with Crippen LogP contribution < -0.4 is 10.2 Å². The third kappa shape index (κ3) is 3.50. The van der Waals surface area contributed by atoms with E-state index in [0.717, 1.165) is 19.1 Å². The van der Waals surface area contributed by atoms with Crippen LogP contribution in [0.2, 0.25) is 0 Å². The maximum absolute atomic E-state index is 3.55. The maximum atomic E-state index is 3.55. The van der Waals surface area contributed by atoms with E-state index in [1.54, 1.807) is 0 Å². The second kappa shape index (κ2) is 6.95. The van der Waals surface area contributed by atoms with Crippen molar-refractivity contribution in [2.24, 2.45) is 0 Å². The van der Waals surface area contributed by atoms with Gasteiger partial charge in [0.15, 0.2) is 0 Å². The van der Waals surface area contributed by atoms with E-state index in [9.17, 15) is 0 Å². The van der Waals surface area contributed by atoms with Gasteiger partial charge in [0.2, 0.25) is 0 Å². The van der Waals surface area contributed by atoms with Gasteiger partial charge in [-0.2, -0.15) is 0 Å². The third-order valence-electron chi connectivity index (χ3n) is 4.14. The number of nitrogens with zero attached hydrogens (tertiary/aromatic N) is 1. The van der Waals surface area contributed by atoms with E-state index in [1.807, 2.05) is 0 Å². The average Bonchev–Trinajstić information content (AvgIpc) is 2.87. The van der Waals surface area contributed by atoms with Crippen LogP contribution in [0, 0.1) is 6.92 Å². The Labute approximate surface area is 118 Å². The molecular weight excluding hydrogens is 232 g/mol. The number of hydrogen-bond acceptors (Lipinski definition) is 2. The van der Waals surface area contributed by atoms with E-state index in [4.69, 9.17) is 0 Å². The molecule has 1 N–H and O–H groups in total. The molecule has 2 heteroatoms. The van der Waals surface area contributed by atoms with Gasteiger partial charge in [0.25, 0.3) is 0 Å². The SMILES string of the molecule is CCCNCc1cc(C)ccc1N1CCCC1CC. The lowest BCUT2D eigenvalue weighted by Crippen LogP contribution is -2.30. The van der Waals surface area contributed by atoms with Crippen molar-refractivity contribution in [3.8, 4) is 0 Å². The fourth-order valence-electron chi connectivity index (χ4n) is 3.11. The zero-order chi connectivity index (χ0) is 13.7. The van der Waals surface area contributed by atoms with Crippen molar-refractivity contribution in [3.05, 3.63) is 29.3 Å². The average molecular weight is 260 g/mol. The van der Waals surface area contributed by atoms with E-state index >= 15 is 0 Å². The zero-order valence-electron chi connectivity index (χ0n) is 12.7. The molecule has 1 heterocycles. The van der Waals surface area contributed by atoms with Gasteiger partial charge >= 0.3 is 0 Å². The number of aryl methyl sites for hydroxylation is 1. The van der Waals surface area contributed by atoms with Gasteiger partial charge < -0.3 is 10.2 Å². The van der Waals surface area contributed by atoms with Crippen LogP contribution in [-0.4, -0.2) is 19.1 Å². The lowest BCUT2D eigenvalue weighted by molar-refractivity contribution is 0.636. The highest BCUT2D eigenvalue weighted by Gasteiger charge is 2.24. The molecular formula is C17H28N2. The summed E-state index contributed by atoms with van der Waals surface area (Å²) in [4.78, 5) is 2.63. The minimum Gasteiger partial charge on any atom is -0.368 e. The molecule has 1 unspecified atom stereocenters. The predicted molar refractivity (Wildman–Crippen MR) is 83.8 cm³/mol. The van der Waals surface area contributed by atoms with Crippen molar-refractivity contribution in [1.29, 1.82) is 0 Å². The molecule has 19 heavy (non-hydrogen) atoms. The van der Waals surface area contributed by atoms with Crippen LogP contribution in [0.3, 0.4) is 0 Å². The van der Waals surface area contributed by atoms with Crippen LogP contribution in [0.4, 0.5) is 5.69 Å². The van der Waals surface area contributed by atoms with Gasteiger partial charge in [0.05, 0.1) is 0 Å². The normalized spacial score (nSPS) is 19.1. The molecule has 1 aliphatic rings. The molecule has 0 aliphatic carbocycles. The Hall–Kier alpha value is -1.02. The quantitative estimate of drug-likeness (QED) is 0.781. The van der Waals surface area contributed by atoms with Gasteiger partial charge in [-0.1, -0.05) is 31.5 Å². The Morgan fingerprint density at radius 1 is 1.32 bits per heavy atom. The van der Waals surface area contributed by atoms with Gasteiger partial charge in [-0.25, -0.2) is 0 Å². The lowest BCUT2D eigenvalue weighted by Gasteiger charge is -2.28. The smallest absolute Gasteiger partial charge is 0.0414 e. The van der Waals surface area contributed by atoms with Crippen LogP contribution in [0.1, 0.15) is 50.7 Å². The van der Waals surface area contributed by atoms with Gasteiger partial charge in [0.1, 0.15) is 0 Å². The summed E-state index contributed by atoms with van der Waals surface area (Å²) in [5, 5.41) is 3.55. The molecule has 0 bridgehead atoms. The summed E-state index contributed by atoms with van der Waals surface area (Å²) in [6.07, 6.45) is 5.15. The van der Waals surface area contributed by atoms with Crippen LogP contribution in [0.15, 0.2) is 18.2 Å². The highest BCUT2D eigenvalue weighted by Crippen LogP contribution is 2.30.